The second-order valence-electron chi connectivity index (χ2n) is 8.34. The molecule has 1 aromatic heterocycles. The van der Waals surface area contributed by atoms with Gasteiger partial charge in [-0.2, -0.15) is 0 Å². The van der Waals surface area contributed by atoms with Gasteiger partial charge in [0, 0.05) is 20.9 Å². The number of hydrogen-bond donors (Lipinski definition) is 1. The number of carbonyl (C=O) groups excluding carboxylic acids is 2. The van der Waals surface area contributed by atoms with Crippen LogP contribution < -0.4 is 0 Å². The Bertz CT molecular complexity index is 1240. The van der Waals surface area contributed by atoms with Gasteiger partial charge in [-0.3, -0.25) is 9.59 Å². The fourth-order valence-corrected chi connectivity index (χ4v) is 5.33. The monoisotopic (exact) mass is 513 g/mol. The smallest absolute Gasteiger partial charge is 0.290 e. The maximum absolute atomic E-state index is 13.6. The molecule has 1 aliphatic carbocycles. The van der Waals surface area contributed by atoms with Gasteiger partial charge in [-0.05, 0) is 54.8 Å². The Morgan fingerprint density at radius 1 is 1.06 bits per heavy atom. The number of hydrogen-bond acceptors (Lipinski definition) is 4. The van der Waals surface area contributed by atoms with Crippen LogP contribution in [-0.2, 0) is 4.79 Å². The zero-order valence-electron chi connectivity index (χ0n) is 17.2. The van der Waals surface area contributed by atoms with E-state index in [1.165, 1.54) is 0 Å². The van der Waals surface area contributed by atoms with Crippen molar-refractivity contribution in [1.29, 1.82) is 0 Å². The molecule has 5 nitrogen and oxygen atoms in total. The van der Waals surface area contributed by atoms with Gasteiger partial charge in [-0.15, -0.1) is 0 Å². The lowest BCUT2D eigenvalue weighted by molar-refractivity contribution is -0.132. The number of fused-ring (bicyclic) bond motifs is 1. The van der Waals surface area contributed by atoms with Gasteiger partial charge in [0.15, 0.2) is 11.5 Å². The summed E-state index contributed by atoms with van der Waals surface area (Å²) in [5, 5.41) is 12.2. The van der Waals surface area contributed by atoms with E-state index in [0.29, 0.717) is 10.6 Å². The Hall–Kier alpha value is -2.57. The quantitative estimate of drug-likeness (QED) is 0.391. The molecule has 7 heteroatoms. The predicted octanol–water partition coefficient (Wildman–Crippen LogP) is 6.76. The van der Waals surface area contributed by atoms with Gasteiger partial charge in [0.05, 0.1) is 11.6 Å². The molecule has 2 aliphatic rings. The molecule has 0 radical (unpaired) electrons. The van der Waals surface area contributed by atoms with Gasteiger partial charge in [0.2, 0.25) is 5.78 Å². The molecule has 2 aromatic carbocycles. The van der Waals surface area contributed by atoms with Crippen LogP contribution in [0.1, 0.15) is 54.3 Å². The van der Waals surface area contributed by atoms with E-state index in [1.807, 2.05) is 12.1 Å². The minimum absolute atomic E-state index is 0.0315. The van der Waals surface area contributed by atoms with E-state index in [1.54, 1.807) is 41.3 Å². The van der Waals surface area contributed by atoms with Crippen molar-refractivity contribution in [2.24, 2.45) is 0 Å². The van der Waals surface area contributed by atoms with E-state index in [-0.39, 0.29) is 17.4 Å². The zero-order chi connectivity index (χ0) is 22.4. The fraction of sp³-hybridized carbons (Fsp3) is 0.280. The van der Waals surface area contributed by atoms with Gasteiger partial charge >= 0.3 is 0 Å². The Labute approximate surface area is 198 Å². The second-order valence-corrected chi connectivity index (χ2v) is 9.69. The molecule has 164 valence electrons. The molecule has 1 saturated carbocycles. The molecule has 2 heterocycles. The number of amides is 1. The summed E-state index contributed by atoms with van der Waals surface area (Å²) in [6, 6.07) is 13.5. The molecule has 0 saturated heterocycles. The highest BCUT2D eigenvalue weighted by molar-refractivity contribution is 9.10. The zero-order valence-corrected chi connectivity index (χ0v) is 19.5. The Morgan fingerprint density at radius 3 is 2.50 bits per heavy atom. The van der Waals surface area contributed by atoms with Gasteiger partial charge in [-0.25, -0.2) is 0 Å². The minimum Gasteiger partial charge on any atom is -0.503 e. The van der Waals surface area contributed by atoms with E-state index in [2.05, 4.69) is 15.9 Å². The highest BCUT2D eigenvalue weighted by Crippen LogP contribution is 2.43. The van der Waals surface area contributed by atoms with E-state index in [9.17, 15) is 14.7 Å². The maximum Gasteiger partial charge on any atom is 0.290 e. The number of ketones is 1. The van der Waals surface area contributed by atoms with Gasteiger partial charge < -0.3 is 14.4 Å². The lowest BCUT2D eigenvalue weighted by atomic mass is 9.90. The summed E-state index contributed by atoms with van der Waals surface area (Å²) in [6.07, 6.45) is 4.87. The molecule has 5 rings (SSSR count). The lowest BCUT2D eigenvalue weighted by Gasteiger charge is -2.36. The van der Waals surface area contributed by atoms with Crippen LogP contribution >= 0.6 is 27.5 Å². The van der Waals surface area contributed by atoms with Crippen molar-refractivity contribution >= 4 is 50.2 Å². The summed E-state index contributed by atoms with van der Waals surface area (Å²) in [6.45, 7) is 0. The highest BCUT2D eigenvalue weighted by atomic mass is 79.9. The van der Waals surface area contributed by atoms with Crippen LogP contribution in [-0.4, -0.2) is 27.7 Å². The molecule has 1 amide bonds. The van der Waals surface area contributed by atoms with Crippen LogP contribution in [0, 0.1) is 0 Å². The first-order valence-corrected chi connectivity index (χ1v) is 11.9. The first kappa shape index (κ1) is 21.3. The van der Waals surface area contributed by atoms with E-state index < -0.39 is 23.5 Å². The van der Waals surface area contributed by atoms with E-state index >= 15 is 0 Å². The van der Waals surface area contributed by atoms with E-state index in [0.717, 1.165) is 47.5 Å². The molecule has 3 aromatic rings. The van der Waals surface area contributed by atoms with E-state index in [4.69, 9.17) is 16.0 Å². The van der Waals surface area contributed by atoms with Crippen molar-refractivity contribution in [3.05, 3.63) is 80.7 Å². The van der Waals surface area contributed by atoms with Crippen molar-refractivity contribution in [3.8, 4) is 0 Å². The molecular formula is C25H21BrClNO4. The van der Waals surface area contributed by atoms with Crippen molar-refractivity contribution < 1.29 is 19.1 Å². The van der Waals surface area contributed by atoms with Gasteiger partial charge in [0.1, 0.15) is 5.58 Å². The Balaban J connectivity index is 1.60. The summed E-state index contributed by atoms with van der Waals surface area (Å²) in [7, 11) is 0. The average Bonchev–Trinajstić information content (AvgIpc) is 3.33. The number of rotatable bonds is 4. The Kier molecular flexibility index (Phi) is 5.59. The van der Waals surface area contributed by atoms with Crippen LogP contribution in [0.3, 0.4) is 0 Å². The minimum atomic E-state index is -0.685. The molecule has 1 unspecified atom stereocenters. The summed E-state index contributed by atoms with van der Waals surface area (Å²) >= 11 is 9.51. The number of Topliss-reactive ketones (excluding diaryl/α,β-unsaturated/α-hetero) is 1. The van der Waals surface area contributed by atoms with Crippen molar-refractivity contribution in [2.45, 2.75) is 44.2 Å². The van der Waals surface area contributed by atoms with Crippen LogP contribution in [0.5, 0.6) is 0 Å². The first-order valence-electron chi connectivity index (χ1n) is 10.7. The number of benzene rings is 2. The summed E-state index contributed by atoms with van der Waals surface area (Å²) in [5.41, 5.74) is 1.36. The largest absolute Gasteiger partial charge is 0.503 e. The third kappa shape index (κ3) is 3.65. The van der Waals surface area contributed by atoms with Gasteiger partial charge in [0.25, 0.3) is 5.91 Å². The second kappa shape index (κ2) is 8.41. The third-order valence-electron chi connectivity index (χ3n) is 6.34. The molecule has 1 atom stereocenters. The summed E-state index contributed by atoms with van der Waals surface area (Å²) < 4.78 is 6.66. The van der Waals surface area contributed by atoms with Crippen molar-refractivity contribution in [1.82, 2.24) is 4.90 Å². The van der Waals surface area contributed by atoms with Crippen molar-refractivity contribution in [2.75, 3.05) is 0 Å². The van der Waals surface area contributed by atoms with Crippen LogP contribution in [0.25, 0.3) is 11.0 Å². The Morgan fingerprint density at radius 2 is 1.78 bits per heavy atom. The third-order valence-corrected chi connectivity index (χ3v) is 7.09. The summed E-state index contributed by atoms with van der Waals surface area (Å²) in [4.78, 5) is 28.5. The molecule has 0 spiro atoms. The molecular weight excluding hydrogens is 494 g/mol. The summed E-state index contributed by atoms with van der Waals surface area (Å²) in [5.74, 6) is -1.39. The van der Waals surface area contributed by atoms with Crippen LogP contribution in [0.15, 0.2) is 68.8 Å². The van der Waals surface area contributed by atoms with Gasteiger partial charge in [-0.1, -0.05) is 58.9 Å². The predicted molar refractivity (Wildman–Crippen MR) is 126 cm³/mol. The molecule has 32 heavy (non-hydrogen) atoms. The average molecular weight is 515 g/mol. The fourth-order valence-electron chi connectivity index (χ4n) is 4.82. The number of nitrogens with zero attached hydrogens (tertiary/aromatic N) is 1. The van der Waals surface area contributed by atoms with Crippen molar-refractivity contribution in [3.63, 3.8) is 0 Å². The van der Waals surface area contributed by atoms with Crippen LogP contribution in [0.4, 0.5) is 0 Å². The SMILES string of the molecule is O=C(C1=C(O)C(=O)N(C2CCCCC2)C1c1ccc(Cl)cc1)c1cc2cc(Br)ccc2o1. The maximum atomic E-state index is 13.6. The molecule has 1 N–H and O–H groups in total. The number of furan rings is 1. The molecule has 0 bridgehead atoms. The topological polar surface area (TPSA) is 70.8 Å². The normalized spacial score (nSPS) is 19.9. The number of halogens is 2. The number of carbonyl (C=O) groups is 2. The molecule has 1 aliphatic heterocycles. The first-order chi connectivity index (χ1) is 15.4. The highest BCUT2D eigenvalue weighted by Gasteiger charge is 2.47. The molecule has 1 fully saturated rings. The lowest BCUT2D eigenvalue weighted by Crippen LogP contribution is -2.41. The number of aliphatic hydroxyl groups excluding tert-OH is 1. The number of aliphatic hydroxyl groups is 1. The standard InChI is InChI=1S/C25H21BrClNO4/c26-16-8-11-19-15(12-16)13-20(32-19)23(29)21-22(14-6-9-17(27)10-7-14)28(25(31)24(21)30)18-4-2-1-3-5-18/h6-13,18,22,30H,1-5H2. The van der Waals surface area contributed by atoms with Crippen LogP contribution in [0.2, 0.25) is 5.02 Å².